The highest BCUT2D eigenvalue weighted by atomic mass is 35.5. The molecule has 27 heavy (non-hydrogen) atoms. The fourth-order valence-corrected chi connectivity index (χ4v) is 5.72. The van der Waals surface area contributed by atoms with Crippen LogP contribution in [0.4, 0.5) is 0 Å². The number of amides is 1. The lowest BCUT2D eigenvalue weighted by atomic mass is 9.97. The van der Waals surface area contributed by atoms with E-state index in [4.69, 9.17) is 11.6 Å². The number of hydrogen-bond donors (Lipinski definition) is 0. The van der Waals surface area contributed by atoms with Crippen LogP contribution in [0.3, 0.4) is 0 Å². The van der Waals surface area contributed by atoms with Crippen LogP contribution in [0.25, 0.3) is 0 Å². The molecule has 2 aromatic carbocycles. The van der Waals surface area contributed by atoms with E-state index in [9.17, 15) is 13.2 Å². The quantitative estimate of drug-likeness (QED) is 0.765. The van der Waals surface area contributed by atoms with Crippen molar-refractivity contribution in [1.29, 1.82) is 0 Å². The molecule has 144 valence electrons. The minimum Gasteiger partial charge on any atom is -0.342 e. The maximum Gasteiger partial charge on any atom is 0.223 e. The van der Waals surface area contributed by atoms with E-state index in [1.807, 2.05) is 37.3 Å². The van der Waals surface area contributed by atoms with Crippen LogP contribution in [-0.4, -0.2) is 38.1 Å². The van der Waals surface area contributed by atoms with Gasteiger partial charge in [-0.1, -0.05) is 67.1 Å². The molecule has 1 heterocycles. The van der Waals surface area contributed by atoms with Crippen molar-refractivity contribution >= 4 is 27.3 Å². The van der Waals surface area contributed by atoms with E-state index >= 15 is 0 Å². The van der Waals surface area contributed by atoms with Gasteiger partial charge in [-0.05, 0) is 29.5 Å². The van der Waals surface area contributed by atoms with E-state index in [0.29, 0.717) is 30.0 Å². The SMILES string of the molecule is CC(CC(=O)N1CCC(c2ccccc2Cl)S(=O)(=O)CC1)c1ccccc1. The third-order valence-corrected chi connectivity index (χ3v) is 7.65. The van der Waals surface area contributed by atoms with Crippen LogP contribution in [0, 0.1) is 0 Å². The molecule has 1 aliphatic rings. The van der Waals surface area contributed by atoms with Crippen molar-refractivity contribution in [2.45, 2.75) is 30.9 Å². The van der Waals surface area contributed by atoms with Gasteiger partial charge in [0.05, 0.1) is 11.0 Å². The van der Waals surface area contributed by atoms with Crippen LogP contribution in [0.15, 0.2) is 54.6 Å². The Morgan fingerprint density at radius 2 is 1.78 bits per heavy atom. The third kappa shape index (κ3) is 4.71. The van der Waals surface area contributed by atoms with Crippen molar-refractivity contribution < 1.29 is 13.2 Å². The van der Waals surface area contributed by atoms with E-state index in [1.165, 1.54) is 0 Å². The molecular weight excluding hydrogens is 382 g/mol. The Balaban J connectivity index is 1.71. The van der Waals surface area contributed by atoms with Gasteiger partial charge in [-0.25, -0.2) is 8.42 Å². The van der Waals surface area contributed by atoms with E-state index in [-0.39, 0.29) is 24.1 Å². The number of carbonyl (C=O) groups is 1. The van der Waals surface area contributed by atoms with Gasteiger partial charge in [0.2, 0.25) is 5.91 Å². The molecule has 0 aromatic heterocycles. The summed E-state index contributed by atoms with van der Waals surface area (Å²) >= 11 is 6.23. The van der Waals surface area contributed by atoms with E-state index in [0.717, 1.165) is 5.56 Å². The summed E-state index contributed by atoms with van der Waals surface area (Å²) in [7, 11) is -3.36. The Labute approximate surface area is 166 Å². The molecule has 3 rings (SSSR count). The molecule has 1 fully saturated rings. The Morgan fingerprint density at radius 1 is 1.11 bits per heavy atom. The lowest BCUT2D eigenvalue weighted by Crippen LogP contribution is -2.34. The zero-order valence-electron chi connectivity index (χ0n) is 15.3. The lowest BCUT2D eigenvalue weighted by Gasteiger charge is -2.22. The van der Waals surface area contributed by atoms with Crippen LogP contribution in [0.1, 0.15) is 42.1 Å². The molecule has 6 heteroatoms. The third-order valence-electron chi connectivity index (χ3n) is 5.19. The fourth-order valence-electron chi connectivity index (χ4n) is 3.57. The topological polar surface area (TPSA) is 54.5 Å². The van der Waals surface area contributed by atoms with E-state index in [2.05, 4.69) is 0 Å². The molecule has 1 aliphatic heterocycles. The Morgan fingerprint density at radius 3 is 2.48 bits per heavy atom. The number of carbonyl (C=O) groups excluding carboxylic acids is 1. The van der Waals surface area contributed by atoms with E-state index in [1.54, 1.807) is 29.2 Å². The van der Waals surface area contributed by atoms with Crippen molar-refractivity contribution in [3.8, 4) is 0 Å². The van der Waals surface area contributed by atoms with E-state index < -0.39 is 15.1 Å². The molecule has 0 bridgehead atoms. The van der Waals surface area contributed by atoms with Crippen LogP contribution in [0.2, 0.25) is 5.02 Å². The standard InChI is InChI=1S/C21H24ClNO3S/c1-16(17-7-3-2-4-8-17)15-21(24)23-12-11-20(27(25,26)14-13-23)18-9-5-6-10-19(18)22/h2-10,16,20H,11-15H2,1H3. The van der Waals surface area contributed by atoms with Crippen LogP contribution in [0.5, 0.6) is 0 Å². The summed E-state index contributed by atoms with van der Waals surface area (Å²) in [5, 5.41) is -0.195. The predicted octanol–water partition coefficient (Wildman–Crippen LogP) is 4.22. The van der Waals surface area contributed by atoms with Gasteiger partial charge in [-0.2, -0.15) is 0 Å². The molecule has 1 amide bonds. The summed E-state index contributed by atoms with van der Waals surface area (Å²) in [6, 6.07) is 17.0. The number of benzene rings is 2. The fraction of sp³-hybridized carbons (Fsp3) is 0.381. The zero-order chi connectivity index (χ0) is 19.4. The molecule has 0 spiro atoms. The Bertz CT molecular complexity index is 899. The zero-order valence-corrected chi connectivity index (χ0v) is 16.9. The minimum absolute atomic E-state index is 0.00126. The predicted molar refractivity (Wildman–Crippen MR) is 109 cm³/mol. The molecule has 4 nitrogen and oxygen atoms in total. The first kappa shape index (κ1) is 19.9. The van der Waals surface area contributed by atoms with Gasteiger partial charge in [0.15, 0.2) is 9.84 Å². The monoisotopic (exact) mass is 405 g/mol. The van der Waals surface area contributed by atoms with Crippen LogP contribution < -0.4 is 0 Å². The maximum atomic E-state index is 12.8. The molecule has 0 aliphatic carbocycles. The normalized spacial score (nSPS) is 20.7. The largest absolute Gasteiger partial charge is 0.342 e. The molecule has 2 aromatic rings. The van der Waals surface area contributed by atoms with Gasteiger partial charge in [0.1, 0.15) is 0 Å². The van der Waals surface area contributed by atoms with Gasteiger partial charge in [-0.3, -0.25) is 4.79 Å². The summed E-state index contributed by atoms with van der Waals surface area (Å²) in [6.07, 6.45) is 0.748. The molecule has 0 saturated carbocycles. The van der Waals surface area contributed by atoms with Crippen molar-refractivity contribution in [2.24, 2.45) is 0 Å². The number of halogens is 1. The molecule has 2 unspecified atom stereocenters. The highest BCUT2D eigenvalue weighted by Gasteiger charge is 2.33. The average Bonchev–Trinajstić information content (AvgIpc) is 2.81. The van der Waals surface area contributed by atoms with Crippen molar-refractivity contribution in [2.75, 3.05) is 18.8 Å². The van der Waals surface area contributed by atoms with Gasteiger partial charge < -0.3 is 4.90 Å². The van der Waals surface area contributed by atoms with Gasteiger partial charge in [0, 0.05) is 24.5 Å². The highest BCUT2D eigenvalue weighted by molar-refractivity contribution is 7.91. The average molecular weight is 406 g/mol. The first-order valence-corrected chi connectivity index (χ1v) is 11.3. The molecular formula is C21H24ClNO3S. The lowest BCUT2D eigenvalue weighted by molar-refractivity contribution is -0.131. The molecule has 0 radical (unpaired) electrons. The first-order valence-electron chi connectivity index (χ1n) is 9.17. The van der Waals surface area contributed by atoms with Gasteiger partial charge >= 0.3 is 0 Å². The summed E-state index contributed by atoms with van der Waals surface area (Å²) in [6.45, 7) is 2.69. The second kappa shape index (κ2) is 8.44. The maximum absolute atomic E-state index is 12.8. The van der Waals surface area contributed by atoms with Crippen LogP contribution >= 0.6 is 11.6 Å². The van der Waals surface area contributed by atoms with Gasteiger partial charge in [-0.15, -0.1) is 0 Å². The molecule has 0 N–H and O–H groups in total. The Kier molecular flexibility index (Phi) is 6.22. The first-order chi connectivity index (χ1) is 12.9. The molecule has 1 saturated heterocycles. The van der Waals surface area contributed by atoms with Crippen molar-refractivity contribution in [3.63, 3.8) is 0 Å². The minimum atomic E-state index is -3.36. The van der Waals surface area contributed by atoms with Crippen molar-refractivity contribution in [1.82, 2.24) is 4.90 Å². The second-order valence-electron chi connectivity index (χ2n) is 7.06. The number of nitrogens with zero attached hydrogens (tertiary/aromatic N) is 1. The molecule has 2 atom stereocenters. The summed E-state index contributed by atoms with van der Waals surface area (Å²) < 4.78 is 25.5. The highest BCUT2D eigenvalue weighted by Crippen LogP contribution is 2.34. The summed E-state index contributed by atoms with van der Waals surface area (Å²) in [5.41, 5.74) is 1.74. The Hall–Kier alpha value is -1.85. The van der Waals surface area contributed by atoms with Gasteiger partial charge in [0.25, 0.3) is 0 Å². The summed E-state index contributed by atoms with van der Waals surface area (Å²) in [4.78, 5) is 14.4. The number of sulfone groups is 1. The summed E-state index contributed by atoms with van der Waals surface area (Å²) in [5.74, 6) is 0.0632. The second-order valence-corrected chi connectivity index (χ2v) is 9.77. The van der Waals surface area contributed by atoms with Crippen molar-refractivity contribution in [3.05, 3.63) is 70.7 Å². The number of hydrogen-bond acceptors (Lipinski definition) is 3. The number of rotatable bonds is 4. The van der Waals surface area contributed by atoms with Crippen LogP contribution in [-0.2, 0) is 14.6 Å². The smallest absolute Gasteiger partial charge is 0.223 e.